The van der Waals surface area contributed by atoms with Crippen molar-refractivity contribution in [1.82, 2.24) is 34.7 Å². The predicted molar refractivity (Wildman–Crippen MR) is 100 cm³/mol. The lowest BCUT2D eigenvalue weighted by Gasteiger charge is -1.70. The van der Waals surface area contributed by atoms with E-state index in [0.29, 0.717) is 0 Å². The lowest BCUT2D eigenvalue weighted by atomic mass is 10.5. The third kappa shape index (κ3) is 15.3. The lowest BCUT2D eigenvalue weighted by molar-refractivity contribution is 0.420. The maximum absolute atomic E-state index is 4.33. The van der Waals surface area contributed by atoms with E-state index in [2.05, 4.69) is 39.2 Å². The molecule has 0 saturated heterocycles. The molecule has 5 aromatic heterocycles. The molecule has 0 fully saturated rings. The lowest BCUT2D eigenvalue weighted by Crippen LogP contribution is -1.58. The Morgan fingerprint density at radius 1 is 0.731 bits per heavy atom. The summed E-state index contributed by atoms with van der Waals surface area (Å²) < 4.78 is 8.10. The third-order valence-electron chi connectivity index (χ3n) is 2.07. The van der Waals surface area contributed by atoms with Crippen molar-refractivity contribution >= 4 is 11.5 Å². The van der Waals surface area contributed by atoms with E-state index < -0.39 is 0 Å². The number of aromatic amines is 2. The van der Waals surface area contributed by atoms with Crippen molar-refractivity contribution in [2.75, 3.05) is 0 Å². The highest BCUT2D eigenvalue weighted by atomic mass is 32.1. The minimum atomic E-state index is 1.46. The van der Waals surface area contributed by atoms with E-state index in [1.165, 1.54) is 17.8 Å². The normalized spacial score (nSPS) is 8.00. The molecule has 5 heterocycles. The van der Waals surface area contributed by atoms with Crippen LogP contribution in [0.25, 0.3) is 0 Å². The molecule has 0 spiro atoms. The van der Waals surface area contributed by atoms with E-state index in [1.54, 1.807) is 62.0 Å². The van der Waals surface area contributed by atoms with Gasteiger partial charge in [0.2, 0.25) is 0 Å². The number of imidazole rings is 1. The molecule has 5 aromatic rings. The molecule has 0 atom stereocenters. The molecule has 0 unspecified atom stereocenters. The molecule has 0 aliphatic carbocycles. The number of nitrogens with zero attached hydrogens (tertiary/aromatic N) is 5. The van der Waals surface area contributed by atoms with Gasteiger partial charge in [0.05, 0.1) is 12.5 Å². The zero-order chi connectivity index (χ0) is 18.4. The monoisotopic (exact) mass is 369 g/mol. The van der Waals surface area contributed by atoms with Crippen LogP contribution in [0, 0.1) is 0 Å². The van der Waals surface area contributed by atoms with E-state index in [4.69, 9.17) is 0 Å². The molecular formula is C17H19N7OS. The van der Waals surface area contributed by atoms with Gasteiger partial charge in [-0.15, -0.1) is 0 Å². The number of pyridine rings is 1. The average molecular weight is 369 g/mol. The second-order valence-corrected chi connectivity index (χ2v) is 4.62. The molecule has 2 N–H and O–H groups in total. The summed E-state index contributed by atoms with van der Waals surface area (Å²) in [6.07, 6.45) is 16.9. The van der Waals surface area contributed by atoms with Gasteiger partial charge in [-0.2, -0.15) is 5.10 Å². The van der Waals surface area contributed by atoms with Gasteiger partial charge in [-0.3, -0.25) is 10.1 Å². The Balaban J connectivity index is 0.000000163. The Bertz CT molecular complexity index is 542. The van der Waals surface area contributed by atoms with Crippen LogP contribution in [-0.4, -0.2) is 34.7 Å². The quantitative estimate of drug-likeness (QED) is 0.430. The van der Waals surface area contributed by atoms with Crippen LogP contribution in [0.1, 0.15) is 0 Å². The van der Waals surface area contributed by atoms with E-state index in [0.717, 1.165) is 0 Å². The van der Waals surface area contributed by atoms with Crippen LogP contribution in [0.4, 0.5) is 0 Å². The van der Waals surface area contributed by atoms with Gasteiger partial charge in [-0.25, -0.2) is 9.36 Å². The number of H-pyrrole nitrogens is 2. The first kappa shape index (κ1) is 20.5. The van der Waals surface area contributed by atoms with Crippen molar-refractivity contribution < 1.29 is 4.52 Å². The molecule has 0 aliphatic heterocycles. The van der Waals surface area contributed by atoms with Crippen molar-refractivity contribution in [3.63, 3.8) is 0 Å². The van der Waals surface area contributed by atoms with Crippen molar-refractivity contribution in [2.45, 2.75) is 0 Å². The van der Waals surface area contributed by atoms with Gasteiger partial charge in [-0.1, -0.05) is 11.2 Å². The third-order valence-corrected chi connectivity index (χ3v) is 2.59. The van der Waals surface area contributed by atoms with Crippen molar-refractivity contribution in [3.8, 4) is 0 Å². The van der Waals surface area contributed by atoms with Gasteiger partial charge >= 0.3 is 0 Å². The summed E-state index contributed by atoms with van der Waals surface area (Å²) >= 11 is 1.46. The van der Waals surface area contributed by atoms with Gasteiger partial charge < -0.3 is 9.51 Å². The van der Waals surface area contributed by atoms with Crippen molar-refractivity contribution in [2.24, 2.45) is 0 Å². The van der Waals surface area contributed by atoms with Crippen LogP contribution in [0.15, 0.2) is 108 Å². The molecule has 0 amide bonds. The summed E-state index contributed by atoms with van der Waals surface area (Å²) in [6.45, 7) is 0. The van der Waals surface area contributed by atoms with Crippen LogP contribution in [0.3, 0.4) is 0 Å². The fourth-order valence-corrected chi connectivity index (χ4v) is 1.45. The average Bonchev–Trinajstić information content (AvgIpc) is 3.56. The van der Waals surface area contributed by atoms with Gasteiger partial charge in [0, 0.05) is 48.8 Å². The molecule has 0 radical (unpaired) electrons. The predicted octanol–water partition coefficient (Wildman–Crippen LogP) is 3.72. The summed E-state index contributed by atoms with van der Waals surface area (Å²) in [6, 6.07) is 11.2. The maximum Gasteiger partial charge on any atom is 0.123 e. The maximum atomic E-state index is 4.33. The van der Waals surface area contributed by atoms with Crippen LogP contribution < -0.4 is 0 Å². The molecule has 9 heteroatoms. The smallest absolute Gasteiger partial charge is 0.123 e. The highest BCUT2D eigenvalue weighted by Crippen LogP contribution is 1.84. The summed E-state index contributed by atoms with van der Waals surface area (Å²) in [5.74, 6) is 0. The standard InChI is InChI=1S/C5H5N.2C3H4N2.C3H3NO.C3H3NS/c1-2-4-6-5-3-1;1-2-5-3-4-1;3*1-2-4-5-3-1/h1-5H;2*1-3H,(H,4,5);2*1-3H. The zero-order valence-corrected chi connectivity index (χ0v) is 14.7. The molecule has 0 saturated carbocycles. The molecule has 0 aromatic carbocycles. The van der Waals surface area contributed by atoms with E-state index in [1.807, 2.05) is 35.7 Å². The minimum absolute atomic E-state index is 1.46. The van der Waals surface area contributed by atoms with Crippen molar-refractivity contribution in [1.29, 1.82) is 0 Å². The van der Waals surface area contributed by atoms with Crippen LogP contribution in [-0.2, 0) is 0 Å². The number of hydrogen-bond donors (Lipinski definition) is 2. The summed E-state index contributed by atoms with van der Waals surface area (Å²) in [7, 11) is 0. The fraction of sp³-hybridized carbons (Fsp3) is 0. The second-order valence-electron chi connectivity index (χ2n) is 3.93. The summed E-state index contributed by atoms with van der Waals surface area (Å²) in [5.41, 5.74) is 0. The Kier molecular flexibility index (Phi) is 14.0. The first-order valence-corrected chi connectivity index (χ1v) is 8.24. The Morgan fingerprint density at radius 2 is 1.65 bits per heavy atom. The zero-order valence-electron chi connectivity index (χ0n) is 13.9. The Labute approximate surface area is 155 Å². The largest absolute Gasteiger partial charge is 0.365 e. The Morgan fingerprint density at radius 3 is 1.85 bits per heavy atom. The molecule has 8 nitrogen and oxygen atoms in total. The Hall–Kier alpha value is -3.59. The highest BCUT2D eigenvalue weighted by molar-refractivity contribution is 7.03. The number of hydrogen-bond acceptors (Lipinski definition) is 7. The van der Waals surface area contributed by atoms with Gasteiger partial charge in [0.25, 0.3) is 0 Å². The first-order valence-electron chi connectivity index (χ1n) is 7.40. The van der Waals surface area contributed by atoms with Crippen LogP contribution >= 0.6 is 11.5 Å². The first-order chi connectivity index (χ1) is 13.0. The molecule has 26 heavy (non-hydrogen) atoms. The van der Waals surface area contributed by atoms with Crippen LogP contribution in [0.2, 0.25) is 0 Å². The highest BCUT2D eigenvalue weighted by Gasteiger charge is 1.61. The SMILES string of the molecule is c1c[nH]cn1.c1ccncc1.c1cn[nH]c1.c1cnoc1.c1cnsc1. The molecule has 5 rings (SSSR count). The van der Waals surface area contributed by atoms with E-state index in [-0.39, 0.29) is 0 Å². The fourth-order valence-electron chi connectivity index (χ4n) is 1.09. The topological polar surface area (TPSA) is 109 Å². The second kappa shape index (κ2) is 17.8. The summed E-state index contributed by atoms with van der Waals surface area (Å²) in [4.78, 5) is 10.2. The van der Waals surface area contributed by atoms with Crippen molar-refractivity contribution in [3.05, 3.63) is 104 Å². The molecular weight excluding hydrogens is 350 g/mol. The summed E-state index contributed by atoms with van der Waals surface area (Å²) in [5, 5.41) is 11.5. The molecule has 0 aliphatic rings. The van der Waals surface area contributed by atoms with Crippen LogP contribution in [0.5, 0.6) is 0 Å². The number of nitrogens with one attached hydrogen (secondary N) is 2. The molecule has 0 bridgehead atoms. The van der Waals surface area contributed by atoms with Gasteiger partial charge in [0.1, 0.15) is 6.26 Å². The van der Waals surface area contributed by atoms with Gasteiger partial charge in [0.15, 0.2) is 0 Å². The van der Waals surface area contributed by atoms with E-state index >= 15 is 0 Å². The van der Waals surface area contributed by atoms with Gasteiger partial charge in [-0.05, 0) is 41.9 Å². The van der Waals surface area contributed by atoms with E-state index in [9.17, 15) is 0 Å². The minimum Gasteiger partial charge on any atom is -0.365 e. The number of rotatable bonds is 0. The number of aromatic nitrogens is 7. The molecule has 134 valence electrons.